The average molecular weight is 326 g/mol. The Bertz CT molecular complexity index is 701. The predicted molar refractivity (Wildman–Crippen MR) is 77.2 cm³/mol. The molecule has 1 heterocycles. The molecule has 1 aliphatic heterocycles. The van der Waals surface area contributed by atoms with Gasteiger partial charge in [0.05, 0.1) is 23.6 Å². The highest BCUT2D eigenvalue weighted by Crippen LogP contribution is 2.32. The van der Waals surface area contributed by atoms with Crippen molar-refractivity contribution in [1.29, 1.82) is 0 Å². The minimum absolute atomic E-state index is 0.0330. The second kappa shape index (κ2) is 6.02. The number of benzene rings is 1. The molecular formula is C13H12ClN3O5. The first kappa shape index (κ1) is 15.8. The van der Waals surface area contributed by atoms with Crippen LogP contribution < -0.4 is 10.6 Å². The highest BCUT2D eigenvalue weighted by molar-refractivity contribution is 6.32. The third-order valence-electron chi connectivity index (χ3n) is 3.17. The van der Waals surface area contributed by atoms with Gasteiger partial charge in [-0.05, 0) is 18.6 Å². The topological polar surface area (TPSA) is 111 Å². The van der Waals surface area contributed by atoms with Crippen LogP contribution in [0.25, 0.3) is 0 Å². The third kappa shape index (κ3) is 2.86. The Morgan fingerprint density at radius 3 is 2.73 bits per heavy atom. The van der Waals surface area contributed by atoms with E-state index >= 15 is 0 Å². The van der Waals surface area contributed by atoms with E-state index < -0.39 is 23.0 Å². The second-order valence-corrected chi connectivity index (χ2v) is 4.94. The Hall–Kier alpha value is -2.61. The van der Waals surface area contributed by atoms with Crippen molar-refractivity contribution in [3.8, 4) is 0 Å². The molecule has 1 aliphatic rings. The van der Waals surface area contributed by atoms with Gasteiger partial charge in [0.15, 0.2) is 0 Å². The number of urea groups is 1. The van der Waals surface area contributed by atoms with Crippen molar-refractivity contribution >= 4 is 29.3 Å². The minimum Gasteiger partial charge on any atom is -0.466 e. The van der Waals surface area contributed by atoms with Crippen LogP contribution in [0.15, 0.2) is 29.5 Å². The van der Waals surface area contributed by atoms with E-state index in [2.05, 4.69) is 10.6 Å². The molecule has 2 rings (SSSR count). The van der Waals surface area contributed by atoms with Gasteiger partial charge < -0.3 is 15.4 Å². The molecule has 0 fully saturated rings. The van der Waals surface area contributed by atoms with Crippen LogP contribution in [0.2, 0.25) is 5.02 Å². The predicted octanol–water partition coefficient (Wildman–Crippen LogP) is 2.05. The molecular weight excluding hydrogens is 314 g/mol. The molecule has 0 saturated carbocycles. The Morgan fingerprint density at radius 2 is 2.14 bits per heavy atom. The summed E-state index contributed by atoms with van der Waals surface area (Å²) < 4.78 is 4.70. The van der Waals surface area contributed by atoms with Gasteiger partial charge >= 0.3 is 12.0 Å². The number of nitro groups is 1. The summed E-state index contributed by atoms with van der Waals surface area (Å²) in [6.45, 7) is 1.54. The van der Waals surface area contributed by atoms with Crippen LogP contribution in [-0.2, 0) is 9.53 Å². The smallest absolute Gasteiger partial charge is 0.337 e. The van der Waals surface area contributed by atoms with Gasteiger partial charge in [0.2, 0.25) is 0 Å². The minimum atomic E-state index is -0.864. The molecule has 0 unspecified atom stereocenters. The summed E-state index contributed by atoms with van der Waals surface area (Å²) in [4.78, 5) is 33.9. The molecule has 1 aromatic rings. The zero-order valence-corrected chi connectivity index (χ0v) is 12.4. The molecule has 0 bridgehead atoms. The lowest BCUT2D eigenvalue weighted by atomic mass is 9.95. The standard InChI is InChI=1S/C13H12ClN3O5/c1-6-10(12(18)22-2)11(16-13(19)15-6)7-3-4-8(14)9(5-7)17(20)21/h3-5,11H,1-2H3,(H2,15,16,19)/t11-/m1/s1. The Balaban J connectivity index is 2.55. The van der Waals surface area contributed by atoms with Crippen LogP contribution in [0.4, 0.5) is 10.5 Å². The zero-order valence-electron chi connectivity index (χ0n) is 11.7. The van der Waals surface area contributed by atoms with E-state index in [-0.39, 0.29) is 16.3 Å². The second-order valence-electron chi connectivity index (χ2n) is 4.53. The number of carbonyl (C=O) groups is 2. The van der Waals surface area contributed by atoms with E-state index in [1.54, 1.807) is 6.92 Å². The van der Waals surface area contributed by atoms with E-state index in [1.165, 1.54) is 25.3 Å². The van der Waals surface area contributed by atoms with Crippen LogP contribution in [-0.4, -0.2) is 24.0 Å². The first-order valence-corrected chi connectivity index (χ1v) is 6.53. The first-order valence-electron chi connectivity index (χ1n) is 6.15. The number of amides is 2. The van der Waals surface area contributed by atoms with Crippen molar-refractivity contribution in [3.63, 3.8) is 0 Å². The molecule has 0 spiro atoms. The molecule has 1 atom stereocenters. The number of nitrogens with one attached hydrogen (secondary N) is 2. The molecule has 116 valence electrons. The number of hydrogen-bond donors (Lipinski definition) is 2. The molecule has 0 aliphatic carbocycles. The van der Waals surface area contributed by atoms with Gasteiger partial charge in [-0.15, -0.1) is 0 Å². The Kier molecular flexibility index (Phi) is 4.32. The van der Waals surface area contributed by atoms with E-state index in [9.17, 15) is 19.7 Å². The fourth-order valence-corrected chi connectivity index (χ4v) is 2.36. The van der Waals surface area contributed by atoms with Gasteiger partial charge in [-0.1, -0.05) is 17.7 Å². The highest BCUT2D eigenvalue weighted by atomic mass is 35.5. The van der Waals surface area contributed by atoms with Crippen LogP contribution in [0, 0.1) is 10.1 Å². The summed E-state index contributed by atoms with van der Waals surface area (Å²) in [7, 11) is 1.21. The largest absolute Gasteiger partial charge is 0.466 e. The Labute approximate surface area is 130 Å². The number of rotatable bonds is 3. The van der Waals surface area contributed by atoms with Gasteiger partial charge in [0.25, 0.3) is 5.69 Å². The van der Waals surface area contributed by atoms with Crippen LogP contribution in [0.5, 0.6) is 0 Å². The summed E-state index contributed by atoms with van der Waals surface area (Å²) in [5, 5.41) is 15.9. The highest BCUT2D eigenvalue weighted by Gasteiger charge is 2.32. The maximum Gasteiger partial charge on any atom is 0.337 e. The molecule has 2 N–H and O–H groups in total. The first-order chi connectivity index (χ1) is 10.3. The molecule has 1 aromatic carbocycles. The number of nitrogens with zero attached hydrogens (tertiary/aromatic N) is 1. The van der Waals surface area contributed by atoms with Crippen molar-refractivity contribution in [2.75, 3.05) is 7.11 Å². The molecule has 9 heteroatoms. The van der Waals surface area contributed by atoms with E-state index in [0.29, 0.717) is 11.3 Å². The lowest BCUT2D eigenvalue weighted by molar-refractivity contribution is -0.384. The van der Waals surface area contributed by atoms with Crippen molar-refractivity contribution in [3.05, 3.63) is 50.2 Å². The number of nitro benzene ring substituents is 1. The number of ether oxygens (including phenoxy) is 1. The van der Waals surface area contributed by atoms with Crippen LogP contribution >= 0.6 is 11.6 Å². The van der Waals surface area contributed by atoms with E-state index in [1.807, 2.05) is 0 Å². The molecule has 0 aromatic heterocycles. The summed E-state index contributed by atoms with van der Waals surface area (Å²) in [6.07, 6.45) is 0. The van der Waals surface area contributed by atoms with Crippen molar-refractivity contribution in [2.45, 2.75) is 13.0 Å². The maximum absolute atomic E-state index is 11.9. The summed E-state index contributed by atoms with van der Waals surface area (Å²) in [5.74, 6) is -0.646. The quantitative estimate of drug-likeness (QED) is 0.502. The SMILES string of the molecule is COC(=O)C1=C(C)NC(=O)N[C@@H]1c1ccc(Cl)c([N+](=O)[O-])c1. The van der Waals surface area contributed by atoms with E-state index in [0.717, 1.165) is 0 Å². The molecule has 22 heavy (non-hydrogen) atoms. The molecule has 0 radical (unpaired) electrons. The van der Waals surface area contributed by atoms with Gasteiger partial charge in [0, 0.05) is 11.8 Å². The molecule has 2 amide bonds. The van der Waals surface area contributed by atoms with Crippen LogP contribution in [0.3, 0.4) is 0 Å². The number of hydrogen-bond acceptors (Lipinski definition) is 5. The van der Waals surface area contributed by atoms with Crippen molar-refractivity contribution < 1.29 is 19.2 Å². The maximum atomic E-state index is 11.9. The number of esters is 1. The van der Waals surface area contributed by atoms with Crippen LogP contribution in [0.1, 0.15) is 18.5 Å². The molecule has 8 nitrogen and oxygen atoms in total. The lowest BCUT2D eigenvalue weighted by Crippen LogP contribution is -2.45. The average Bonchev–Trinajstić information content (AvgIpc) is 2.46. The number of carbonyl (C=O) groups excluding carboxylic acids is 2. The van der Waals surface area contributed by atoms with Gasteiger partial charge in [0.1, 0.15) is 5.02 Å². The normalized spacial score (nSPS) is 17.6. The van der Waals surface area contributed by atoms with Gasteiger partial charge in [-0.25, -0.2) is 9.59 Å². The fraction of sp³-hybridized carbons (Fsp3) is 0.231. The number of methoxy groups -OCH3 is 1. The summed E-state index contributed by atoms with van der Waals surface area (Å²) in [5.41, 5.74) is 0.524. The van der Waals surface area contributed by atoms with Crippen molar-refractivity contribution in [1.82, 2.24) is 10.6 Å². The lowest BCUT2D eigenvalue weighted by Gasteiger charge is -2.27. The third-order valence-corrected chi connectivity index (χ3v) is 3.49. The Morgan fingerprint density at radius 1 is 1.45 bits per heavy atom. The van der Waals surface area contributed by atoms with Crippen molar-refractivity contribution in [2.24, 2.45) is 0 Å². The van der Waals surface area contributed by atoms with E-state index in [4.69, 9.17) is 16.3 Å². The fourth-order valence-electron chi connectivity index (χ4n) is 2.17. The van der Waals surface area contributed by atoms with Gasteiger partial charge in [-0.2, -0.15) is 0 Å². The molecule has 0 saturated heterocycles. The summed E-state index contributed by atoms with van der Waals surface area (Å²) >= 11 is 5.77. The van der Waals surface area contributed by atoms with Gasteiger partial charge in [-0.3, -0.25) is 10.1 Å². The monoisotopic (exact) mass is 325 g/mol. The number of halogens is 1. The zero-order chi connectivity index (χ0) is 16.4. The number of allylic oxidation sites excluding steroid dienone is 1. The summed E-state index contributed by atoms with van der Waals surface area (Å²) in [6, 6.07) is 2.68.